The van der Waals surface area contributed by atoms with Gasteiger partial charge < -0.3 is 15.4 Å². The van der Waals surface area contributed by atoms with E-state index in [1.54, 1.807) is 7.11 Å². The molecule has 26 heavy (non-hydrogen) atoms. The molecule has 0 heterocycles. The van der Waals surface area contributed by atoms with Crippen molar-refractivity contribution in [1.29, 1.82) is 5.26 Å². The number of benzene rings is 2. The molecule has 2 rings (SSSR count). The summed E-state index contributed by atoms with van der Waals surface area (Å²) in [7, 11) is 1.60. The van der Waals surface area contributed by atoms with E-state index in [4.69, 9.17) is 4.74 Å². The Hall–Kier alpha value is -3.26. The average Bonchev–Trinajstić information content (AvgIpc) is 2.68. The van der Waals surface area contributed by atoms with Gasteiger partial charge in [-0.1, -0.05) is 36.4 Å². The molecule has 0 saturated heterocycles. The molecule has 0 spiro atoms. The van der Waals surface area contributed by atoms with Gasteiger partial charge in [-0.15, -0.1) is 0 Å². The highest BCUT2D eigenvalue weighted by Gasteiger charge is 2.08. The smallest absolute Gasteiger partial charge is 0.263 e. The van der Waals surface area contributed by atoms with E-state index in [1.807, 2.05) is 42.5 Å². The minimum atomic E-state index is -0.397. The number of nitriles is 1. The average molecular weight is 349 g/mol. The van der Waals surface area contributed by atoms with Crippen molar-refractivity contribution in [2.45, 2.75) is 19.9 Å². The fourth-order valence-electron chi connectivity index (χ4n) is 2.44. The van der Waals surface area contributed by atoms with Crippen LogP contribution in [0, 0.1) is 18.3 Å². The molecule has 2 aromatic rings. The number of rotatable bonds is 8. The molecule has 0 unspecified atom stereocenters. The number of carbonyl (C=O) groups is 1. The second-order valence-corrected chi connectivity index (χ2v) is 5.83. The molecule has 5 heteroatoms. The maximum absolute atomic E-state index is 12.1. The first-order valence-electron chi connectivity index (χ1n) is 8.43. The van der Waals surface area contributed by atoms with E-state index in [0.29, 0.717) is 13.1 Å². The largest absolute Gasteiger partial charge is 0.497 e. The van der Waals surface area contributed by atoms with E-state index in [2.05, 4.69) is 29.7 Å². The molecule has 2 aromatic carbocycles. The molecular weight excluding hydrogens is 326 g/mol. The second kappa shape index (κ2) is 9.90. The molecule has 0 aromatic heterocycles. The topological polar surface area (TPSA) is 74.1 Å². The summed E-state index contributed by atoms with van der Waals surface area (Å²) in [5, 5.41) is 15.0. The van der Waals surface area contributed by atoms with Gasteiger partial charge in [0.05, 0.1) is 7.11 Å². The Morgan fingerprint density at radius 3 is 2.58 bits per heavy atom. The van der Waals surface area contributed by atoms with Crippen molar-refractivity contribution < 1.29 is 9.53 Å². The third-order valence-corrected chi connectivity index (χ3v) is 4.02. The van der Waals surface area contributed by atoms with Crippen LogP contribution in [0.1, 0.15) is 16.7 Å². The lowest BCUT2D eigenvalue weighted by atomic mass is 10.1. The highest BCUT2D eigenvalue weighted by atomic mass is 16.5. The zero-order chi connectivity index (χ0) is 18.8. The number of methoxy groups -OCH3 is 1. The van der Waals surface area contributed by atoms with Crippen LogP contribution in [0.5, 0.6) is 5.75 Å². The number of ether oxygens (including phenoxy) is 1. The second-order valence-electron chi connectivity index (χ2n) is 5.83. The molecule has 2 N–H and O–H groups in total. The lowest BCUT2D eigenvalue weighted by Crippen LogP contribution is -2.25. The zero-order valence-corrected chi connectivity index (χ0v) is 15.1. The Morgan fingerprint density at radius 2 is 1.92 bits per heavy atom. The summed E-state index contributed by atoms with van der Waals surface area (Å²) in [5.41, 5.74) is 3.47. The fourth-order valence-corrected chi connectivity index (χ4v) is 2.44. The van der Waals surface area contributed by atoms with Crippen LogP contribution >= 0.6 is 0 Å². The number of nitrogens with one attached hydrogen (secondary N) is 2. The van der Waals surface area contributed by atoms with Crippen molar-refractivity contribution in [2.24, 2.45) is 0 Å². The molecule has 0 aliphatic heterocycles. The number of carbonyl (C=O) groups excluding carboxylic acids is 1. The Bertz CT molecular complexity index is 805. The predicted molar refractivity (Wildman–Crippen MR) is 101 cm³/mol. The summed E-state index contributed by atoms with van der Waals surface area (Å²) < 4.78 is 5.10. The third-order valence-electron chi connectivity index (χ3n) is 4.02. The zero-order valence-electron chi connectivity index (χ0n) is 15.1. The Labute approximate surface area is 154 Å². The third kappa shape index (κ3) is 5.67. The van der Waals surface area contributed by atoms with Crippen molar-refractivity contribution in [3.8, 4) is 11.8 Å². The molecule has 5 nitrogen and oxygen atoms in total. The van der Waals surface area contributed by atoms with Gasteiger partial charge in [0.15, 0.2) is 0 Å². The van der Waals surface area contributed by atoms with Crippen molar-refractivity contribution >= 4 is 5.91 Å². The van der Waals surface area contributed by atoms with E-state index < -0.39 is 5.91 Å². The molecule has 1 amide bonds. The van der Waals surface area contributed by atoms with Crippen LogP contribution in [0.2, 0.25) is 0 Å². The van der Waals surface area contributed by atoms with Crippen molar-refractivity contribution in [3.05, 3.63) is 77.0 Å². The molecule has 0 saturated carbocycles. The molecule has 0 atom stereocenters. The number of aryl methyl sites for hydroxylation is 1. The van der Waals surface area contributed by atoms with Gasteiger partial charge in [0, 0.05) is 19.3 Å². The Kier molecular flexibility index (Phi) is 7.26. The summed E-state index contributed by atoms with van der Waals surface area (Å²) in [6, 6.07) is 17.5. The Balaban J connectivity index is 1.82. The lowest BCUT2D eigenvalue weighted by molar-refractivity contribution is -0.117. The molecule has 0 bridgehead atoms. The summed E-state index contributed by atoms with van der Waals surface area (Å²) >= 11 is 0. The highest BCUT2D eigenvalue weighted by molar-refractivity contribution is 5.97. The van der Waals surface area contributed by atoms with Gasteiger partial charge in [0.25, 0.3) is 5.91 Å². The summed E-state index contributed by atoms with van der Waals surface area (Å²) in [6.45, 7) is 3.07. The number of amides is 1. The standard InChI is InChI=1S/C21H23N3O2/c1-16-5-3-4-6-18(16)11-12-23-15-19(13-22)21(25)24-14-17-7-9-20(26-2)10-8-17/h3-10,15,23H,11-12,14H2,1-2H3,(H,24,25)/b19-15-. The van der Waals surface area contributed by atoms with Crippen LogP contribution in [0.3, 0.4) is 0 Å². The van der Waals surface area contributed by atoms with E-state index >= 15 is 0 Å². The molecular formula is C21H23N3O2. The summed E-state index contributed by atoms with van der Waals surface area (Å²) in [4.78, 5) is 12.1. The van der Waals surface area contributed by atoms with Crippen LogP contribution in [-0.4, -0.2) is 19.6 Å². The first-order valence-corrected chi connectivity index (χ1v) is 8.43. The first kappa shape index (κ1) is 19.1. The SMILES string of the molecule is COc1ccc(CNC(=O)/C(C#N)=C\NCCc2ccccc2C)cc1. The molecule has 0 aliphatic rings. The molecule has 0 fully saturated rings. The van der Waals surface area contributed by atoms with E-state index in [1.165, 1.54) is 17.3 Å². The van der Waals surface area contributed by atoms with Gasteiger partial charge in [-0.05, 0) is 42.2 Å². The van der Waals surface area contributed by atoms with Gasteiger partial charge in [-0.2, -0.15) is 5.26 Å². The highest BCUT2D eigenvalue weighted by Crippen LogP contribution is 2.11. The summed E-state index contributed by atoms with van der Waals surface area (Å²) in [6.07, 6.45) is 2.30. The van der Waals surface area contributed by atoms with Crippen LogP contribution in [0.25, 0.3) is 0 Å². The maximum Gasteiger partial charge on any atom is 0.263 e. The lowest BCUT2D eigenvalue weighted by Gasteiger charge is -2.07. The van der Waals surface area contributed by atoms with Crippen molar-refractivity contribution in [2.75, 3.05) is 13.7 Å². The monoisotopic (exact) mass is 349 g/mol. The van der Waals surface area contributed by atoms with E-state index in [0.717, 1.165) is 17.7 Å². The fraction of sp³-hybridized carbons (Fsp3) is 0.238. The van der Waals surface area contributed by atoms with E-state index in [-0.39, 0.29) is 5.57 Å². The van der Waals surface area contributed by atoms with E-state index in [9.17, 15) is 10.1 Å². The molecule has 0 radical (unpaired) electrons. The van der Waals surface area contributed by atoms with Gasteiger partial charge >= 0.3 is 0 Å². The maximum atomic E-state index is 12.1. The number of hydrogen-bond acceptors (Lipinski definition) is 4. The summed E-state index contributed by atoms with van der Waals surface area (Å²) in [5.74, 6) is 0.363. The van der Waals surface area contributed by atoms with Crippen molar-refractivity contribution in [1.82, 2.24) is 10.6 Å². The van der Waals surface area contributed by atoms with Crippen molar-refractivity contribution in [3.63, 3.8) is 0 Å². The Morgan fingerprint density at radius 1 is 1.19 bits per heavy atom. The minimum absolute atomic E-state index is 0.0586. The quantitative estimate of drug-likeness (QED) is 0.437. The predicted octanol–water partition coefficient (Wildman–Crippen LogP) is 2.86. The van der Waals surface area contributed by atoms with Crippen LogP contribution in [0.15, 0.2) is 60.3 Å². The minimum Gasteiger partial charge on any atom is -0.497 e. The van der Waals surface area contributed by atoms with Gasteiger partial charge in [0.1, 0.15) is 17.4 Å². The normalized spacial score (nSPS) is 10.7. The molecule has 134 valence electrons. The van der Waals surface area contributed by atoms with Crippen LogP contribution in [-0.2, 0) is 17.8 Å². The van der Waals surface area contributed by atoms with Crippen LogP contribution in [0.4, 0.5) is 0 Å². The van der Waals surface area contributed by atoms with Crippen LogP contribution < -0.4 is 15.4 Å². The first-order chi connectivity index (χ1) is 12.6. The van der Waals surface area contributed by atoms with Gasteiger partial charge in [-0.3, -0.25) is 4.79 Å². The van der Waals surface area contributed by atoms with Gasteiger partial charge in [-0.25, -0.2) is 0 Å². The number of hydrogen-bond donors (Lipinski definition) is 2. The molecule has 0 aliphatic carbocycles. The number of nitrogens with zero attached hydrogens (tertiary/aromatic N) is 1. The van der Waals surface area contributed by atoms with Gasteiger partial charge in [0.2, 0.25) is 0 Å².